The number of piperidine rings is 2. The number of likely N-dealkylation sites (tertiary alicyclic amines) is 1. The van der Waals surface area contributed by atoms with Crippen LogP contribution in [-0.2, 0) is 4.79 Å². The highest BCUT2D eigenvalue weighted by molar-refractivity contribution is 5.79. The molecule has 0 bridgehead atoms. The summed E-state index contributed by atoms with van der Waals surface area (Å²) in [6.07, 6.45) is 4.08. The van der Waals surface area contributed by atoms with Crippen LogP contribution in [0, 0.1) is 18.8 Å². The summed E-state index contributed by atoms with van der Waals surface area (Å²) in [7, 11) is 0. The first-order valence-corrected chi connectivity index (χ1v) is 10.0. The first kappa shape index (κ1) is 18.0. The first-order chi connectivity index (χ1) is 13.1. The monoisotopic (exact) mass is 368 g/mol. The van der Waals surface area contributed by atoms with Crippen LogP contribution in [-0.4, -0.2) is 47.2 Å². The third kappa shape index (κ3) is 3.99. The van der Waals surface area contributed by atoms with Crippen LogP contribution in [0.15, 0.2) is 28.7 Å². The molecule has 0 spiro atoms. The molecule has 27 heavy (non-hydrogen) atoms. The molecule has 4 rings (SSSR count). The van der Waals surface area contributed by atoms with E-state index in [9.17, 15) is 4.79 Å². The van der Waals surface area contributed by atoms with E-state index in [0.29, 0.717) is 23.7 Å². The summed E-state index contributed by atoms with van der Waals surface area (Å²) in [5.74, 6) is 1.64. The molecule has 1 atom stereocenters. The normalized spacial score (nSPS) is 21.5. The van der Waals surface area contributed by atoms with Crippen LogP contribution < -0.4 is 4.90 Å². The molecule has 144 valence electrons. The molecule has 0 radical (unpaired) electrons. The predicted octanol–water partition coefficient (Wildman–Crippen LogP) is 3.52. The quantitative estimate of drug-likeness (QED) is 0.829. The number of aryl methyl sites for hydroxylation is 1. The number of carbonyl (C=O) groups excluding carboxylic acids is 1. The van der Waals surface area contributed by atoms with Crippen molar-refractivity contribution >= 4 is 11.9 Å². The van der Waals surface area contributed by atoms with Crippen molar-refractivity contribution < 1.29 is 9.21 Å². The summed E-state index contributed by atoms with van der Waals surface area (Å²) in [6.45, 7) is 7.71. The number of benzene rings is 1. The minimum Gasteiger partial charge on any atom is -0.403 e. The Labute approximate surface area is 160 Å². The molecule has 1 amide bonds. The van der Waals surface area contributed by atoms with E-state index in [1.165, 1.54) is 12.0 Å². The summed E-state index contributed by atoms with van der Waals surface area (Å²) in [5.41, 5.74) is 2.14. The van der Waals surface area contributed by atoms with Crippen molar-refractivity contribution in [1.29, 1.82) is 0 Å². The van der Waals surface area contributed by atoms with Gasteiger partial charge in [0.15, 0.2) is 0 Å². The third-order valence-corrected chi connectivity index (χ3v) is 5.80. The Hall–Kier alpha value is -2.37. The number of rotatable bonds is 3. The van der Waals surface area contributed by atoms with Gasteiger partial charge in [-0.3, -0.25) is 4.79 Å². The fourth-order valence-corrected chi connectivity index (χ4v) is 4.12. The minimum absolute atomic E-state index is 0.131. The molecule has 6 heteroatoms. The van der Waals surface area contributed by atoms with E-state index >= 15 is 0 Å². The number of hydrogen-bond donors (Lipinski definition) is 0. The van der Waals surface area contributed by atoms with Crippen LogP contribution in [0.2, 0.25) is 0 Å². The SMILES string of the molecule is Cc1ccc(-c2nnc(N3CCC(C(=O)N4CCC[C@H](C)C4)CC3)o2)cc1. The van der Waals surface area contributed by atoms with Gasteiger partial charge in [-0.05, 0) is 50.7 Å². The molecule has 3 heterocycles. The standard InChI is InChI=1S/C21H28N4O2/c1-15-5-7-17(8-6-15)19-22-23-21(27-19)24-12-9-18(10-13-24)20(26)25-11-3-4-16(2)14-25/h5-8,16,18H,3-4,9-14H2,1-2H3/t16-/m0/s1. The van der Waals surface area contributed by atoms with Gasteiger partial charge in [0.05, 0.1) is 0 Å². The highest BCUT2D eigenvalue weighted by Crippen LogP contribution is 2.28. The van der Waals surface area contributed by atoms with Gasteiger partial charge in [-0.25, -0.2) is 0 Å². The number of amides is 1. The average Bonchev–Trinajstić information content (AvgIpc) is 3.18. The highest BCUT2D eigenvalue weighted by atomic mass is 16.4. The number of nitrogens with zero attached hydrogens (tertiary/aromatic N) is 4. The van der Waals surface area contributed by atoms with E-state index in [1.54, 1.807) is 0 Å². The molecule has 2 aliphatic heterocycles. The zero-order valence-electron chi connectivity index (χ0n) is 16.2. The number of anilines is 1. The number of hydrogen-bond acceptors (Lipinski definition) is 5. The summed E-state index contributed by atoms with van der Waals surface area (Å²) in [5, 5.41) is 8.42. The van der Waals surface area contributed by atoms with Crippen molar-refractivity contribution in [2.24, 2.45) is 11.8 Å². The zero-order valence-corrected chi connectivity index (χ0v) is 16.2. The summed E-state index contributed by atoms with van der Waals surface area (Å²) in [4.78, 5) is 17.0. The van der Waals surface area contributed by atoms with E-state index in [0.717, 1.165) is 51.0 Å². The first-order valence-electron chi connectivity index (χ1n) is 10.0. The van der Waals surface area contributed by atoms with Crippen LogP contribution in [0.25, 0.3) is 11.5 Å². The predicted molar refractivity (Wildman–Crippen MR) is 104 cm³/mol. The Kier molecular flexibility index (Phi) is 5.14. The fourth-order valence-electron chi connectivity index (χ4n) is 4.12. The molecule has 0 saturated carbocycles. The zero-order chi connectivity index (χ0) is 18.8. The van der Waals surface area contributed by atoms with Crippen molar-refractivity contribution in [3.63, 3.8) is 0 Å². The van der Waals surface area contributed by atoms with Gasteiger partial charge in [-0.15, -0.1) is 5.10 Å². The second-order valence-electron chi connectivity index (χ2n) is 8.05. The minimum atomic E-state index is 0.131. The van der Waals surface area contributed by atoms with Crippen molar-refractivity contribution in [1.82, 2.24) is 15.1 Å². The number of carbonyl (C=O) groups is 1. The topological polar surface area (TPSA) is 62.5 Å². The van der Waals surface area contributed by atoms with Gasteiger partial charge in [-0.2, -0.15) is 0 Å². The van der Waals surface area contributed by atoms with Crippen LogP contribution in [0.5, 0.6) is 0 Å². The smallest absolute Gasteiger partial charge is 0.318 e. The van der Waals surface area contributed by atoms with Crippen molar-refractivity contribution in [2.45, 2.75) is 39.5 Å². The highest BCUT2D eigenvalue weighted by Gasteiger charge is 2.31. The molecule has 2 aliphatic rings. The number of aromatic nitrogens is 2. The Morgan fingerprint density at radius 2 is 1.81 bits per heavy atom. The lowest BCUT2D eigenvalue weighted by Crippen LogP contribution is -2.46. The second kappa shape index (κ2) is 7.71. The van der Waals surface area contributed by atoms with Crippen molar-refractivity contribution in [2.75, 3.05) is 31.1 Å². The van der Waals surface area contributed by atoms with Crippen molar-refractivity contribution in [3.05, 3.63) is 29.8 Å². The Morgan fingerprint density at radius 1 is 1.07 bits per heavy atom. The van der Waals surface area contributed by atoms with Crippen molar-refractivity contribution in [3.8, 4) is 11.5 Å². The average molecular weight is 368 g/mol. The fraction of sp³-hybridized carbons (Fsp3) is 0.571. The lowest BCUT2D eigenvalue weighted by Gasteiger charge is -2.36. The maximum absolute atomic E-state index is 12.8. The third-order valence-electron chi connectivity index (χ3n) is 5.80. The van der Waals surface area contributed by atoms with Gasteiger partial charge in [-0.1, -0.05) is 29.7 Å². The second-order valence-corrected chi connectivity index (χ2v) is 8.05. The van der Waals surface area contributed by atoms with E-state index in [1.807, 2.05) is 24.3 Å². The molecule has 2 saturated heterocycles. The molecule has 0 unspecified atom stereocenters. The van der Waals surface area contributed by atoms with Gasteiger partial charge < -0.3 is 14.2 Å². The van der Waals surface area contributed by atoms with E-state index in [2.05, 4.69) is 33.8 Å². The van der Waals surface area contributed by atoms with Gasteiger partial charge in [0.1, 0.15) is 0 Å². The largest absolute Gasteiger partial charge is 0.403 e. The lowest BCUT2D eigenvalue weighted by molar-refractivity contribution is -0.137. The maximum atomic E-state index is 12.8. The van der Waals surface area contributed by atoms with Crippen LogP contribution >= 0.6 is 0 Å². The summed E-state index contributed by atoms with van der Waals surface area (Å²) in [6, 6.07) is 8.63. The van der Waals surface area contributed by atoms with E-state index < -0.39 is 0 Å². The van der Waals surface area contributed by atoms with Crippen LogP contribution in [0.4, 0.5) is 6.01 Å². The van der Waals surface area contributed by atoms with Gasteiger partial charge >= 0.3 is 6.01 Å². The summed E-state index contributed by atoms with van der Waals surface area (Å²) >= 11 is 0. The molecule has 2 fully saturated rings. The molecule has 6 nitrogen and oxygen atoms in total. The Bertz CT molecular complexity index is 778. The maximum Gasteiger partial charge on any atom is 0.318 e. The molecule has 2 aromatic rings. The molecular weight excluding hydrogens is 340 g/mol. The van der Waals surface area contributed by atoms with Crippen LogP contribution in [0.1, 0.15) is 38.2 Å². The molecule has 1 aromatic heterocycles. The van der Waals surface area contributed by atoms with E-state index in [4.69, 9.17) is 4.42 Å². The van der Waals surface area contributed by atoms with Gasteiger partial charge in [0.25, 0.3) is 0 Å². The van der Waals surface area contributed by atoms with Gasteiger partial charge in [0, 0.05) is 37.7 Å². The Balaban J connectivity index is 1.35. The Morgan fingerprint density at radius 3 is 2.52 bits per heavy atom. The molecule has 0 N–H and O–H groups in total. The van der Waals surface area contributed by atoms with Crippen LogP contribution in [0.3, 0.4) is 0 Å². The molecule has 1 aromatic carbocycles. The lowest BCUT2D eigenvalue weighted by atomic mass is 9.93. The molecular formula is C21H28N4O2. The van der Waals surface area contributed by atoms with Gasteiger partial charge in [0.2, 0.25) is 11.8 Å². The molecule has 0 aliphatic carbocycles. The van der Waals surface area contributed by atoms with E-state index in [-0.39, 0.29) is 5.92 Å². The summed E-state index contributed by atoms with van der Waals surface area (Å²) < 4.78 is 5.88.